The molecule has 0 saturated carbocycles. The zero-order chi connectivity index (χ0) is 19.1. The van der Waals surface area contributed by atoms with E-state index in [1.165, 1.54) is 16.8 Å². The van der Waals surface area contributed by atoms with Crippen molar-refractivity contribution < 1.29 is 24.5 Å². The Hall–Kier alpha value is -2.30. The van der Waals surface area contributed by atoms with E-state index in [-0.39, 0.29) is 20.1 Å². The fourth-order valence-corrected chi connectivity index (χ4v) is 3.53. The first-order chi connectivity index (χ1) is 13.0. The molecule has 147 valence electrons. The van der Waals surface area contributed by atoms with Gasteiger partial charge < -0.3 is 14.0 Å². The van der Waals surface area contributed by atoms with E-state index in [1.807, 2.05) is 19.3 Å². The molecule has 3 aromatic heterocycles. The van der Waals surface area contributed by atoms with Crippen LogP contribution < -0.4 is 0 Å². The molecule has 0 N–H and O–H groups in total. The van der Waals surface area contributed by atoms with Gasteiger partial charge in [-0.05, 0) is 35.4 Å². The summed E-state index contributed by atoms with van der Waals surface area (Å²) in [7, 11) is 0. The summed E-state index contributed by atoms with van der Waals surface area (Å²) in [5.41, 5.74) is 5.90. The number of benzene rings is 1. The second-order valence-corrected chi connectivity index (χ2v) is 7.41. The third kappa shape index (κ3) is 3.43. The van der Waals surface area contributed by atoms with Gasteiger partial charge in [-0.2, -0.15) is 0 Å². The molecule has 4 aromatic rings. The molecule has 28 heavy (non-hydrogen) atoms. The quantitative estimate of drug-likeness (QED) is 0.318. The van der Waals surface area contributed by atoms with Gasteiger partial charge in [0.25, 0.3) is 0 Å². The minimum absolute atomic E-state index is 0. The van der Waals surface area contributed by atoms with Crippen LogP contribution in [0.15, 0.2) is 41.2 Å². The van der Waals surface area contributed by atoms with E-state index in [4.69, 9.17) is 4.42 Å². The number of aryl methyl sites for hydroxylation is 1. The Labute approximate surface area is 178 Å². The van der Waals surface area contributed by atoms with Crippen LogP contribution in [0.2, 0.25) is 0 Å². The zero-order valence-corrected chi connectivity index (χ0v) is 19.0. The molecule has 1 radical (unpaired) electrons. The number of pyridine rings is 1. The third-order valence-electron chi connectivity index (χ3n) is 4.80. The molecule has 0 aliphatic carbocycles. The summed E-state index contributed by atoms with van der Waals surface area (Å²) >= 11 is 0. The van der Waals surface area contributed by atoms with Crippen molar-refractivity contribution in [2.75, 3.05) is 0 Å². The Kier molecular flexibility index (Phi) is 5.82. The number of fused-ring (bicyclic) bond motifs is 1. The molecule has 0 saturated heterocycles. The first-order valence-electron chi connectivity index (χ1n) is 9.28. The minimum Gasteiger partial charge on any atom is -0.460 e. The molecule has 6 heteroatoms. The summed E-state index contributed by atoms with van der Waals surface area (Å²) in [6.07, 6.45) is 8.54. The van der Waals surface area contributed by atoms with Crippen LogP contribution in [0.5, 0.6) is 0 Å². The van der Waals surface area contributed by atoms with Crippen LogP contribution in [0.4, 0.5) is 0 Å². The van der Waals surface area contributed by atoms with Gasteiger partial charge >= 0.3 is 0 Å². The van der Waals surface area contributed by atoms with Gasteiger partial charge in [-0.1, -0.05) is 51.5 Å². The van der Waals surface area contributed by atoms with Crippen LogP contribution in [0.3, 0.4) is 0 Å². The molecule has 0 atom stereocenters. The largest absolute Gasteiger partial charge is 0.460 e. The molecular formula is C22H23IrN4O-. The second kappa shape index (κ2) is 7.98. The van der Waals surface area contributed by atoms with Gasteiger partial charge in [0.1, 0.15) is 0 Å². The Morgan fingerprint density at radius 3 is 2.39 bits per heavy atom. The maximum Gasteiger partial charge on any atom is 0.180 e. The van der Waals surface area contributed by atoms with Gasteiger partial charge in [-0.25, -0.2) is 0 Å². The average molecular weight is 552 g/mol. The molecule has 3 heterocycles. The monoisotopic (exact) mass is 552 g/mol. The van der Waals surface area contributed by atoms with Crippen LogP contribution in [0, 0.1) is 13.1 Å². The van der Waals surface area contributed by atoms with E-state index in [0.717, 1.165) is 16.9 Å². The van der Waals surface area contributed by atoms with Crippen LogP contribution in [-0.2, 0) is 20.1 Å². The normalized spacial score (nSPS) is 11.4. The standard InChI is InChI=1S/C22H23N4O.Ir/c1-13(2)16-7-6-8-17(14(3)4)21(16)26-10-9-24-22(26)18-11-23-12-19-20(18)25-15(5)27-19;/h6-10,12-14H,1-5H3;/q-1;. The number of oxazole rings is 1. The summed E-state index contributed by atoms with van der Waals surface area (Å²) < 4.78 is 7.79. The summed E-state index contributed by atoms with van der Waals surface area (Å²) in [6, 6.07) is 6.52. The third-order valence-corrected chi connectivity index (χ3v) is 4.80. The van der Waals surface area contributed by atoms with Crippen molar-refractivity contribution in [3.63, 3.8) is 0 Å². The summed E-state index contributed by atoms with van der Waals surface area (Å²) in [5, 5.41) is 0. The Morgan fingerprint density at radius 2 is 1.75 bits per heavy atom. The first kappa shape index (κ1) is 20.4. The van der Waals surface area contributed by atoms with Crippen molar-refractivity contribution in [2.24, 2.45) is 0 Å². The molecule has 1 aromatic carbocycles. The van der Waals surface area contributed by atoms with Gasteiger partial charge in [0.05, 0.1) is 11.4 Å². The van der Waals surface area contributed by atoms with Crippen molar-refractivity contribution in [3.05, 3.63) is 60.0 Å². The van der Waals surface area contributed by atoms with Crippen molar-refractivity contribution in [3.8, 4) is 17.1 Å². The number of rotatable bonds is 4. The Bertz CT molecular complexity index is 1080. The molecule has 0 aliphatic heterocycles. The van der Waals surface area contributed by atoms with Gasteiger partial charge in [-0.3, -0.25) is 9.97 Å². The van der Waals surface area contributed by atoms with Crippen molar-refractivity contribution >= 4 is 11.1 Å². The van der Waals surface area contributed by atoms with E-state index in [0.29, 0.717) is 23.3 Å². The van der Waals surface area contributed by atoms with E-state index in [9.17, 15) is 0 Å². The van der Waals surface area contributed by atoms with Crippen LogP contribution in [0.25, 0.3) is 28.2 Å². The van der Waals surface area contributed by atoms with E-state index < -0.39 is 0 Å². The first-order valence-corrected chi connectivity index (χ1v) is 9.28. The van der Waals surface area contributed by atoms with Crippen LogP contribution in [-0.4, -0.2) is 19.5 Å². The summed E-state index contributed by atoms with van der Waals surface area (Å²) in [5.74, 6) is 2.16. The van der Waals surface area contributed by atoms with Gasteiger partial charge in [-0.15, -0.1) is 0 Å². The van der Waals surface area contributed by atoms with E-state index >= 15 is 0 Å². The van der Waals surface area contributed by atoms with E-state index in [1.54, 1.807) is 6.20 Å². The topological polar surface area (TPSA) is 56.7 Å². The van der Waals surface area contributed by atoms with E-state index in [2.05, 4.69) is 71.6 Å². The maximum atomic E-state index is 5.65. The molecule has 4 rings (SSSR count). The second-order valence-electron chi connectivity index (χ2n) is 7.41. The van der Waals surface area contributed by atoms with Crippen molar-refractivity contribution in [2.45, 2.75) is 46.5 Å². The summed E-state index contributed by atoms with van der Waals surface area (Å²) in [6.45, 7) is 10.7. The average Bonchev–Trinajstić information content (AvgIpc) is 3.25. The molecular weight excluding hydrogens is 528 g/mol. The molecule has 5 nitrogen and oxygen atoms in total. The molecule has 0 aliphatic rings. The fourth-order valence-electron chi connectivity index (χ4n) is 3.53. The van der Waals surface area contributed by atoms with Crippen LogP contribution in [0.1, 0.15) is 56.5 Å². The molecule has 0 fully saturated rings. The Balaban J connectivity index is 0.00000225. The van der Waals surface area contributed by atoms with Gasteiger partial charge in [0.15, 0.2) is 5.89 Å². The molecule has 0 spiro atoms. The number of imidazole rings is 1. The Morgan fingerprint density at radius 1 is 1.07 bits per heavy atom. The fraction of sp³-hybridized carbons (Fsp3) is 0.318. The van der Waals surface area contributed by atoms with Gasteiger partial charge in [0.2, 0.25) is 0 Å². The van der Waals surface area contributed by atoms with Crippen molar-refractivity contribution in [1.29, 1.82) is 0 Å². The minimum atomic E-state index is 0. The van der Waals surface area contributed by atoms with Crippen molar-refractivity contribution in [1.82, 2.24) is 19.5 Å². The smallest absolute Gasteiger partial charge is 0.180 e. The predicted molar refractivity (Wildman–Crippen MR) is 106 cm³/mol. The number of hydrogen-bond acceptors (Lipinski definition) is 4. The SMILES string of the molecule is Cc1nc2c(-c3nccn3-c3c(C(C)C)cccc3C(C)C)[c-]ncc2o1.[Ir]. The summed E-state index contributed by atoms with van der Waals surface area (Å²) in [4.78, 5) is 13.4. The molecule has 0 bridgehead atoms. The molecule has 0 amide bonds. The predicted octanol–water partition coefficient (Wildman–Crippen LogP) is 5.43. The number of para-hydroxylation sites is 1. The zero-order valence-electron chi connectivity index (χ0n) is 16.6. The number of aromatic nitrogens is 4. The number of nitrogens with zero attached hydrogens (tertiary/aromatic N) is 4. The maximum absolute atomic E-state index is 5.65. The molecule has 0 unspecified atom stereocenters. The number of hydrogen-bond donors (Lipinski definition) is 0. The van der Waals surface area contributed by atoms with Gasteiger partial charge in [0, 0.05) is 50.6 Å². The van der Waals surface area contributed by atoms with Crippen LogP contribution >= 0.6 is 0 Å².